The van der Waals surface area contributed by atoms with Crippen LogP contribution >= 0.6 is 0 Å². The number of aryl methyl sites for hydroxylation is 1. The van der Waals surface area contributed by atoms with Gasteiger partial charge in [0.2, 0.25) is 11.8 Å². The number of aliphatic hydroxyl groups excluding tert-OH is 1. The second-order valence-electron chi connectivity index (χ2n) is 12.3. The zero-order valence-corrected chi connectivity index (χ0v) is 27.3. The van der Waals surface area contributed by atoms with Crippen LogP contribution < -0.4 is 5.32 Å². The fourth-order valence-corrected chi connectivity index (χ4v) is 5.90. The summed E-state index contributed by atoms with van der Waals surface area (Å²) in [5, 5.41) is 14.5. The first-order chi connectivity index (χ1) is 22.6. The topological polar surface area (TPSA) is 93.2 Å². The molecule has 0 unspecified atom stereocenters. The molecule has 1 heterocycles. The first kappa shape index (κ1) is 35.9. The van der Waals surface area contributed by atoms with Gasteiger partial charge in [0.25, 0.3) is 0 Å². The molecule has 1 aliphatic rings. The van der Waals surface area contributed by atoms with Gasteiger partial charge in [-0.3, -0.25) is 24.2 Å². The zero-order valence-electron chi connectivity index (χ0n) is 27.3. The van der Waals surface area contributed by atoms with Crippen molar-refractivity contribution in [1.82, 2.24) is 20.0 Å². The predicted octanol–water partition coefficient (Wildman–Crippen LogP) is 4.24. The fraction of sp³-hybridized carbons (Fsp3) is 0.432. The molecular formula is C37H46F2N4O4. The molecule has 3 aromatic carbocycles. The summed E-state index contributed by atoms with van der Waals surface area (Å²) in [5.74, 6) is -2.09. The van der Waals surface area contributed by atoms with Gasteiger partial charge in [0.15, 0.2) is 5.78 Å². The molecule has 1 saturated heterocycles. The lowest BCUT2D eigenvalue weighted by molar-refractivity contribution is -0.137. The van der Waals surface area contributed by atoms with Gasteiger partial charge in [-0.1, -0.05) is 74.9 Å². The SMILES string of the molecule is CCCCN1CCN(CC(=O)N[C@@H](Cc2cc(F)cc(F)c2)[C@H](O)CN(CC(=O)c2ccccc2)Cc2cccc(CC)c2)CC1=O. The molecule has 0 bridgehead atoms. The fourth-order valence-electron chi connectivity index (χ4n) is 5.90. The molecule has 252 valence electrons. The van der Waals surface area contributed by atoms with Crippen molar-refractivity contribution < 1.29 is 28.3 Å². The number of aliphatic hydroxyl groups is 1. The van der Waals surface area contributed by atoms with Crippen molar-refractivity contribution in [2.75, 3.05) is 45.8 Å². The molecule has 1 fully saturated rings. The van der Waals surface area contributed by atoms with Gasteiger partial charge in [-0.15, -0.1) is 0 Å². The van der Waals surface area contributed by atoms with Crippen LogP contribution in [-0.4, -0.2) is 95.4 Å². The molecular weight excluding hydrogens is 602 g/mol. The number of benzene rings is 3. The van der Waals surface area contributed by atoms with Gasteiger partial charge in [0.1, 0.15) is 11.6 Å². The summed E-state index contributed by atoms with van der Waals surface area (Å²) >= 11 is 0. The van der Waals surface area contributed by atoms with E-state index in [2.05, 4.69) is 25.2 Å². The predicted molar refractivity (Wildman–Crippen MR) is 178 cm³/mol. The Morgan fingerprint density at radius 2 is 1.66 bits per heavy atom. The van der Waals surface area contributed by atoms with E-state index in [1.165, 1.54) is 12.1 Å². The van der Waals surface area contributed by atoms with Crippen LogP contribution in [-0.2, 0) is 29.0 Å². The molecule has 0 aliphatic carbocycles. The van der Waals surface area contributed by atoms with E-state index in [0.29, 0.717) is 31.7 Å². The third-order valence-corrected chi connectivity index (χ3v) is 8.45. The molecule has 2 N–H and O–H groups in total. The van der Waals surface area contributed by atoms with E-state index < -0.39 is 29.7 Å². The Balaban J connectivity index is 1.51. The van der Waals surface area contributed by atoms with Gasteiger partial charge in [0, 0.05) is 44.4 Å². The average Bonchev–Trinajstić information content (AvgIpc) is 3.04. The normalized spacial score (nSPS) is 15.1. The molecule has 2 amide bonds. The number of carbonyl (C=O) groups is 3. The van der Waals surface area contributed by atoms with Crippen LogP contribution in [0.3, 0.4) is 0 Å². The van der Waals surface area contributed by atoms with Crippen molar-refractivity contribution in [2.45, 2.75) is 58.2 Å². The van der Waals surface area contributed by atoms with Crippen molar-refractivity contribution in [1.29, 1.82) is 0 Å². The molecule has 10 heteroatoms. The van der Waals surface area contributed by atoms with Gasteiger partial charge in [-0.05, 0) is 48.1 Å². The number of rotatable bonds is 17. The highest BCUT2D eigenvalue weighted by molar-refractivity contribution is 5.97. The lowest BCUT2D eigenvalue weighted by Gasteiger charge is -2.34. The minimum Gasteiger partial charge on any atom is -0.390 e. The van der Waals surface area contributed by atoms with Gasteiger partial charge in [0.05, 0.1) is 31.8 Å². The van der Waals surface area contributed by atoms with Crippen LogP contribution in [0.1, 0.15) is 53.7 Å². The maximum Gasteiger partial charge on any atom is 0.236 e. The summed E-state index contributed by atoms with van der Waals surface area (Å²) in [4.78, 5) is 44.6. The zero-order chi connectivity index (χ0) is 33.8. The summed E-state index contributed by atoms with van der Waals surface area (Å²) < 4.78 is 28.3. The van der Waals surface area contributed by atoms with E-state index in [0.717, 1.165) is 36.5 Å². The number of ketones is 1. The van der Waals surface area contributed by atoms with E-state index in [-0.39, 0.29) is 49.9 Å². The summed E-state index contributed by atoms with van der Waals surface area (Å²) in [6.45, 7) is 6.33. The number of piperazine rings is 1. The second kappa shape index (κ2) is 17.8. The first-order valence-electron chi connectivity index (χ1n) is 16.4. The van der Waals surface area contributed by atoms with Gasteiger partial charge in [-0.25, -0.2) is 8.78 Å². The van der Waals surface area contributed by atoms with E-state index in [4.69, 9.17) is 0 Å². The van der Waals surface area contributed by atoms with Crippen LogP contribution in [0.25, 0.3) is 0 Å². The largest absolute Gasteiger partial charge is 0.390 e. The van der Waals surface area contributed by atoms with E-state index >= 15 is 0 Å². The lowest BCUT2D eigenvalue weighted by atomic mass is 9.99. The monoisotopic (exact) mass is 648 g/mol. The number of nitrogens with one attached hydrogen (secondary N) is 1. The van der Waals surface area contributed by atoms with E-state index in [9.17, 15) is 28.3 Å². The highest BCUT2D eigenvalue weighted by atomic mass is 19.1. The highest BCUT2D eigenvalue weighted by Crippen LogP contribution is 2.16. The summed E-state index contributed by atoms with van der Waals surface area (Å²) in [7, 11) is 0. The Morgan fingerprint density at radius 3 is 2.34 bits per heavy atom. The van der Waals surface area contributed by atoms with Crippen molar-refractivity contribution in [3.8, 4) is 0 Å². The van der Waals surface area contributed by atoms with Gasteiger partial charge < -0.3 is 15.3 Å². The average molecular weight is 649 g/mol. The smallest absolute Gasteiger partial charge is 0.236 e. The van der Waals surface area contributed by atoms with E-state index in [1.54, 1.807) is 29.2 Å². The minimum atomic E-state index is -1.20. The third-order valence-electron chi connectivity index (χ3n) is 8.45. The molecule has 0 aromatic heterocycles. The first-order valence-corrected chi connectivity index (χ1v) is 16.4. The number of carbonyl (C=O) groups excluding carboxylic acids is 3. The molecule has 47 heavy (non-hydrogen) atoms. The van der Waals surface area contributed by atoms with Crippen LogP contribution in [0.4, 0.5) is 8.78 Å². The Hall–Kier alpha value is -3.99. The standard InChI is InChI=1S/C37H46F2N4O4/c1-3-5-14-43-16-15-41(26-37(43)47)25-36(46)40-33(20-29-18-31(38)21-32(39)19-29)35(45)24-42(22-28-11-9-10-27(4-2)17-28)23-34(44)30-12-7-6-8-13-30/h6-13,17-19,21,33,35,45H,3-5,14-16,20,22-26H2,1-2H3,(H,40,46)/t33-,35+/m0/s1. The Kier molecular flexibility index (Phi) is 13.6. The highest BCUT2D eigenvalue weighted by Gasteiger charge is 2.29. The maximum atomic E-state index is 14.1. The molecule has 4 rings (SSSR count). The van der Waals surface area contributed by atoms with Gasteiger partial charge >= 0.3 is 0 Å². The Morgan fingerprint density at radius 1 is 0.936 bits per heavy atom. The van der Waals surface area contributed by atoms with Crippen molar-refractivity contribution in [3.63, 3.8) is 0 Å². The minimum absolute atomic E-state index is 0.00621. The maximum absolute atomic E-state index is 14.1. The third kappa shape index (κ3) is 11.3. The number of Topliss-reactive ketones (excluding diaryl/α,β-unsaturated/α-hetero) is 1. The number of hydrogen-bond acceptors (Lipinski definition) is 6. The van der Waals surface area contributed by atoms with Crippen LogP contribution in [0.5, 0.6) is 0 Å². The molecule has 8 nitrogen and oxygen atoms in total. The van der Waals surface area contributed by atoms with Crippen LogP contribution in [0.2, 0.25) is 0 Å². The van der Waals surface area contributed by atoms with Crippen molar-refractivity contribution in [2.24, 2.45) is 0 Å². The summed E-state index contributed by atoms with van der Waals surface area (Å²) in [6, 6.07) is 19.1. The molecule has 0 spiro atoms. The summed E-state index contributed by atoms with van der Waals surface area (Å²) in [6.07, 6.45) is 1.51. The molecule has 2 atom stereocenters. The molecule has 3 aromatic rings. The second-order valence-corrected chi connectivity index (χ2v) is 12.3. The number of unbranched alkanes of at least 4 members (excludes halogenated alkanes) is 1. The van der Waals surface area contributed by atoms with E-state index in [1.807, 2.05) is 34.1 Å². The van der Waals surface area contributed by atoms with Gasteiger partial charge in [-0.2, -0.15) is 0 Å². The van der Waals surface area contributed by atoms with Crippen molar-refractivity contribution in [3.05, 3.63) is 107 Å². The Bertz CT molecular complexity index is 1470. The lowest BCUT2D eigenvalue weighted by Crippen LogP contribution is -2.55. The molecule has 0 saturated carbocycles. The van der Waals surface area contributed by atoms with Crippen molar-refractivity contribution >= 4 is 17.6 Å². The molecule has 1 aliphatic heterocycles. The number of nitrogens with zero attached hydrogens (tertiary/aromatic N) is 3. The summed E-state index contributed by atoms with van der Waals surface area (Å²) in [5.41, 5.74) is 2.92. The van der Waals surface area contributed by atoms with Crippen LogP contribution in [0.15, 0.2) is 72.8 Å². The quantitative estimate of drug-likeness (QED) is 0.213. The Labute approximate surface area is 276 Å². The number of hydrogen-bond donors (Lipinski definition) is 2. The molecule has 0 radical (unpaired) electrons. The number of amides is 2. The number of halogens is 2. The van der Waals surface area contributed by atoms with Crippen LogP contribution in [0, 0.1) is 11.6 Å².